The summed E-state index contributed by atoms with van der Waals surface area (Å²) < 4.78 is 28.2. The van der Waals surface area contributed by atoms with Gasteiger partial charge < -0.3 is 4.74 Å². The molecule has 0 bridgehead atoms. The van der Waals surface area contributed by atoms with E-state index in [1.54, 1.807) is 12.1 Å². The van der Waals surface area contributed by atoms with Crippen LogP contribution in [0.2, 0.25) is 0 Å². The molecule has 1 aromatic rings. The molecule has 4 nitrogen and oxygen atoms in total. The SMILES string of the molecule is COC(=O)/C(C)=C/S(=O)(=O)c1ccc(C)cc1. The highest BCUT2D eigenvalue weighted by molar-refractivity contribution is 7.94. The highest BCUT2D eigenvalue weighted by Crippen LogP contribution is 2.15. The van der Waals surface area contributed by atoms with Crippen LogP contribution >= 0.6 is 0 Å². The lowest BCUT2D eigenvalue weighted by Gasteiger charge is -2.02. The van der Waals surface area contributed by atoms with Gasteiger partial charge >= 0.3 is 5.97 Å². The standard InChI is InChI=1S/C12H14O4S/c1-9-4-6-11(7-5-9)17(14,15)8-10(2)12(13)16-3/h4-8H,1-3H3/b10-8+. The van der Waals surface area contributed by atoms with Crippen molar-refractivity contribution in [3.63, 3.8) is 0 Å². The van der Waals surface area contributed by atoms with Crippen molar-refractivity contribution < 1.29 is 17.9 Å². The van der Waals surface area contributed by atoms with E-state index in [2.05, 4.69) is 4.74 Å². The Labute approximate surface area is 101 Å². The van der Waals surface area contributed by atoms with Gasteiger partial charge in [0.15, 0.2) is 9.84 Å². The van der Waals surface area contributed by atoms with Crippen molar-refractivity contribution in [3.05, 3.63) is 40.8 Å². The van der Waals surface area contributed by atoms with Gasteiger partial charge in [0.2, 0.25) is 0 Å². The second kappa shape index (κ2) is 5.14. The van der Waals surface area contributed by atoms with Crippen LogP contribution in [0.1, 0.15) is 12.5 Å². The third-order valence-electron chi connectivity index (χ3n) is 2.19. The van der Waals surface area contributed by atoms with Crippen LogP contribution in [0.3, 0.4) is 0 Å². The summed E-state index contributed by atoms with van der Waals surface area (Å²) in [6.07, 6.45) is 0. The topological polar surface area (TPSA) is 60.4 Å². The molecule has 1 aromatic carbocycles. The van der Waals surface area contributed by atoms with Crippen molar-refractivity contribution in [3.8, 4) is 0 Å². The van der Waals surface area contributed by atoms with Crippen LogP contribution < -0.4 is 0 Å². The zero-order chi connectivity index (χ0) is 13.1. The van der Waals surface area contributed by atoms with Crippen LogP contribution in [0.4, 0.5) is 0 Å². The third-order valence-corrected chi connectivity index (χ3v) is 3.78. The molecule has 0 aromatic heterocycles. The maximum absolute atomic E-state index is 11.9. The number of hydrogen-bond acceptors (Lipinski definition) is 4. The number of hydrogen-bond donors (Lipinski definition) is 0. The summed E-state index contributed by atoms with van der Waals surface area (Å²) in [7, 11) is -2.39. The molecule has 0 aliphatic rings. The quantitative estimate of drug-likeness (QED) is 0.610. The molecule has 0 spiro atoms. The summed E-state index contributed by atoms with van der Waals surface area (Å²) in [6.45, 7) is 3.27. The van der Waals surface area contributed by atoms with Crippen LogP contribution in [0.5, 0.6) is 0 Å². The normalized spacial score (nSPS) is 12.3. The van der Waals surface area contributed by atoms with E-state index < -0.39 is 15.8 Å². The molecule has 0 fully saturated rings. The fourth-order valence-electron chi connectivity index (χ4n) is 1.24. The summed E-state index contributed by atoms with van der Waals surface area (Å²) in [5, 5.41) is 0.920. The maximum atomic E-state index is 11.9. The van der Waals surface area contributed by atoms with Crippen LogP contribution in [0, 0.1) is 6.92 Å². The molecule has 92 valence electrons. The molecule has 17 heavy (non-hydrogen) atoms. The second-order valence-electron chi connectivity index (χ2n) is 3.65. The van der Waals surface area contributed by atoms with Gasteiger partial charge in [0, 0.05) is 11.0 Å². The van der Waals surface area contributed by atoms with Gasteiger partial charge in [0.25, 0.3) is 0 Å². The summed E-state index contributed by atoms with van der Waals surface area (Å²) in [5.41, 5.74) is 1.02. The first kappa shape index (κ1) is 13.4. The first-order valence-electron chi connectivity index (χ1n) is 4.95. The zero-order valence-corrected chi connectivity index (χ0v) is 10.7. The maximum Gasteiger partial charge on any atom is 0.334 e. The van der Waals surface area contributed by atoms with Gasteiger partial charge in [0.05, 0.1) is 12.0 Å². The smallest absolute Gasteiger partial charge is 0.334 e. The predicted octanol–water partition coefficient (Wildman–Crippen LogP) is 1.85. The van der Waals surface area contributed by atoms with Gasteiger partial charge in [-0.25, -0.2) is 13.2 Å². The molecule has 0 unspecified atom stereocenters. The second-order valence-corrected chi connectivity index (χ2v) is 5.45. The molecular formula is C12H14O4S. The average molecular weight is 254 g/mol. The Balaban J connectivity index is 3.13. The van der Waals surface area contributed by atoms with Gasteiger partial charge in [-0.15, -0.1) is 0 Å². The number of esters is 1. The Morgan fingerprint density at radius 1 is 1.24 bits per heavy atom. The average Bonchev–Trinajstić information content (AvgIpc) is 2.27. The molecule has 0 amide bonds. The molecule has 0 radical (unpaired) electrons. The summed E-state index contributed by atoms with van der Waals surface area (Å²) in [4.78, 5) is 11.3. The number of carbonyl (C=O) groups excluding carboxylic acids is 1. The van der Waals surface area contributed by atoms with Crippen LogP contribution in [0.15, 0.2) is 40.1 Å². The molecular weight excluding hydrogens is 240 g/mol. The fraction of sp³-hybridized carbons (Fsp3) is 0.250. The number of methoxy groups -OCH3 is 1. The van der Waals surface area contributed by atoms with E-state index >= 15 is 0 Å². The minimum Gasteiger partial charge on any atom is -0.466 e. The molecule has 5 heteroatoms. The van der Waals surface area contributed by atoms with Gasteiger partial charge in [-0.05, 0) is 26.0 Å². The highest BCUT2D eigenvalue weighted by Gasteiger charge is 2.14. The zero-order valence-electron chi connectivity index (χ0n) is 9.93. The lowest BCUT2D eigenvalue weighted by atomic mass is 10.2. The Kier molecular flexibility index (Phi) is 4.07. The van der Waals surface area contributed by atoms with Crippen LogP contribution in [-0.4, -0.2) is 21.5 Å². The fourth-order valence-corrected chi connectivity index (χ4v) is 2.45. The minimum atomic E-state index is -3.59. The molecule has 0 saturated carbocycles. The van der Waals surface area contributed by atoms with E-state index in [4.69, 9.17) is 0 Å². The van der Waals surface area contributed by atoms with Crippen molar-refractivity contribution in [2.75, 3.05) is 7.11 Å². The van der Waals surface area contributed by atoms with Crippen molar-refractivity contribution in [1.82, 2.24) is 0 Å². The van der Waals surface area contributed by atoms with E-state index in [1.807, 2.05) is 6.92 Å². The Morgan fingerprint density at radius 2 is 1.76 bits per heavy atom. The molecule has 0 saturated heterocycles. The van der Waals surface area contributed by atoms with E-state index in [9.17, 15) is 13.2 Å². The van der Waals surface area contributed by atoms with Gasteiger partial charge in [0.1, 0.15) is 0 Å². The Hall–Kier alpha value is -1.62. The first-order valence-corrected chi connectivity index (χ1v) is 6.50. The molecule has 0 aliphatic heterocycles. The minimum absolute atomic E-state index is 0.0491. The van der Waals surface area contributed by atoms with Crippen molar-refractivity contribution in [2.24, 2.45) is 0 Å². The Morgan fingerprint density at radius 3 is 2.24 bits per heavy atom. The monoisotopic (exact) mass is 254 g/mol. The predicted molar refractivity (Wildman–Crippen MR) is 64.1 cm³/mol. The van der Waals surface area contributed by atoms with E-state index in [-0.39, 0.29) is 10.5 Å². The first-order chi connectivity index (χ1) is 7.86. The summed E-state index contributed by atoms with van der Waals surface area (Å²) in [6, 6.07) is 6.42. The number of aryl methyl sites for hydroxylation is 1. The van der Waals surface area contributed by atoms with Crippen molar-refractivity contribution in [2.45, 2.75) is 18.7 Å². The molecule has 0 atom stereocenters. The molecule has 0 aliphatic carbocycles. The third kappa shape index (κ3) is 3.42. The highest BCUT2D eigenvalue weighted by atomic mass is 32.2. The van der Waals surface area contributed by atoms with E-state index in [0.29, 0.717) is 0 Å². The van der Waals surface area contributed by atoms with Crippen molar-refractivity contribution >= 4 is 15.8 Å². The number of sulfone groups is 1. The summed E-state index contributed by atoms with van der Waals surface area (Å²) >= 11 is 0. The summed E-state index contributed by atoms with van der Waals surface area (Å²) in [5.74, 6) is -0.652. The van der Waals surface area contributed by atoms with Crippen molar-refractivity contribution in [1.29, 1.82) is 0 Å². The Bertz CT molecular complexity index is 538. The van der Waals surface area contributed by atoms with E-state index in [0.717, 1.165) is 11.0 Å². The largest absolute Gasteiger partial charge is 0.466 e. The van der Waals surface area contributed by atoms with E-state index in [1.165, 1.54) is 26.2 Å². The molecule has 1 rings (SSSR count). The van der Waals surface area contributed by atoms with Crippen LogP contribution in [-0.2, 0) is 19.4 Å². The number of rotatable bonds is 3. The van der Waals surface area contributed by atoms with Gasteiger partial charge in [-0.3, -0.25) is 0 Å². The molecule has 0 heterocycles. The lowest BCUT2D eigenvalue weighted by molar-refractivity contribution is -0.136. The number of ether oxygens (including phenoxy) is 1. The number of benzene rings is 1. The van der Waals surface area contributed by atoms with Gasteiger partial charge in [-0.1, -0.05) is 17.7 Å². The molecule has 0 N–H and O–H groups in total. The lowest BCUT2D eigenvalue weighted by Crippen LogP contribution is -2.05. The van der Waals surface area contributed by atoms with Crippen LogP contribution in [0.25, 0.3) is 0 Å². The number of carbonyl (C=O) groups is 1. The van der Waals surface area contributed by atoms with Gasteiger partial charge in [-0.2, -0.15) is 0 Å².